The van der Waals surface area contributed by atoms with Crippen molar-refractivity contribution in [3.05, 3.63) is 29.8 Å². The van der Waals surface area contributed by atoms with Crippen molar-refractivity contribution in [3.8, 4) is 0 Å². The molecule has 1 aromatic carbocycles. The molecular weight excluding hydrogens is 282 g/mol. The normalized spacial score (nSPS) is 17.0. The average molecular weight is 307 g/mol. The van der Waals surface area contributed by atoms with Crippen LogP contribution in [0.5, 0.6) is 0 Å². The minimum absolute atomic E-state index is 0.0778. The van der Waals surface area contributed by atoms with Gasteiger partial charge in [-0.1, -0.05) is 12.1 Å². The summed E-state index contributed by atoms with van der Waals surface area (Å²) in [5, 5.41) is 14.1. The highest BCUT2D eigenvalue weighted by atomic mass is 16.5. The van der Waals surface area contributed by atoms with Crippen LogP contribution < -0.4 is 10.6 Å². The molecule has 1 heterocycles. The van der Waals surface area contributed by atoms with Gasteiger partial charge in [0.2, 0.25) is 0 Å². The number of hydrogen-bond acceptors (Lipinski definition) is 4. The molecule has 0 saturated carbocycles. The summed E-state index contributed by atoms with van der Waals surface area (Å²) < 4.78 is 5.38. The number of ether oxygens (including phenoxy) is 1. The van der Waals surface area contributed by atoms with Crippen LogP contribution in [0.2, 0.25) is 0 Å². The number of hydrogen-bond donors (Lipinski definition) is 3. The van der Waals surface area contributed by atoms with Gasteiger partial charge in [-0.15, -0.1) is 0 Å². The number of carbonyl (C=O) groups excluding carboxylic acids is 1. The van der Waals surface area contributed by atoms with Crippen molar-refractivity contribution in [3.63, 3.8) is 0 Å². The molecule has 122 valence electrons. The van der Waals surface area contributed by atoms with E-state index in [4.69, 9.17) is 9.84 Å². The minimum atomic E-state index is -0.248. The van der Waals surface area contributed by atoms with Crippen LogP contribution in [0.1, 0.15) is 24.9 Å². The molecule has 1 aromatic rings. The van der Waals surface area contributed by atoms with E-state index in [0.29, 0.717) is 19.0 Å². The summed E-state index contributed by atoms with van der Waals surface area (Å²) >= 11 is 0. The monoisotopic (exact) mass is 307 g/mol. The van der Waals surface area contributed by atoms with Crippen molar-refractivity contribution in [2.45, 2.75) is 19.4 Å². The summed E-state index contributed by atoms with van der Waals surface area (Å²) in [6.45, 7) is 6.22. The molecule has 3 N–H and O–H groups in total. The topological polar surface area (TPSA) is 73.8 Å². The highest BCUT2D eigenvalue weighted by Gasteiger charge is 2.18. The lowest BCUT2D eigenvalue weighted by Crippen LogP contribution is -2.38. The molecule has 0 radical (unpaired) electrons. The number of nitrogens with zero attached hydrogens (tertiary/aromatic N) is 1. The minimum Gasteiger partial charge on any atom is -0.396 e. The summed E-state index contributed by atoms with van der Waals surface area (Å²) in [6, 6.07) is 8.02. The number of morpholine rings is 1. The predicted molar refractivity (Wildman–Crippen MR) is 86.0 cm³/mol. The molecule has 0 bridgehead atoms. The average Bonchev–Trinajstić information content (AvgIpc) is 2.56. The van der Waals surface area contributed by atoms with Gasteiger partial charge in [0.25, 0.3) is 0 Å². The van der Waals surface area contributed by atoms with Gasteiger partial charge >= 0.3 is 6.03 Å². The summed E-state index contributed by atoms with van der Waals surface area (Å²) in [7, 11) is 0. The van der Waals surface area contributed by atoms with Crippen molar-refractivity contribution in [1.82, 2.24) is 10.2 Å². The molecule has 1 aliphatic heterocycles. The Labute approximate surface area is 131 Å². The number of rotatable bonds is 6. The van der Waals surface area contributed by atoms with Gasteiger partial charge < -0.3 is 20.5 Å². The molecule has 0 unspecified atom stereocenters. The third-order valence-corrected chi connectivity index (χ3v) is 3.86. The zero-order valence-corrected chi connectivity index (χ0v) is 13.0. The van der Waals surface area contributed by atoms with Gasteiger partial charge in [-0.3, -0.25) is 4.90 Å². The van der Waals surface area contributed by atoms with Crippen LogP contribution in [-0.2, 0) is 4.74 Å². The van der Waals surface area contributed by atoms with Gasteiger partial charge in [0.1, 0.15) is 0 Å². The molecule has 6 heteroatoms. The van der Waals surface area contributed by atoms with Crippen molar-refractivity contribution in [2.24, 2.45) is 0 Å². The van der Waals surface area contributed by atoms with E-state index in [2.05, 4.69) is 22.5 Å². The second-order valence-corrected chi connectivity index (χ2v) is 5.40. The largest absolute Gasteiger partial charge is 0.396 e. The predicted octanol–water partition coefficient (Wildman–Crippen LogP) is 1.58. The molecule has 0 aromatic heterocycles. The van der Waals surface area contributed by atoms with Crippen molar-refractivity contribution in [1.29, 1.82) is 0 Å². The maximum atomic E-state index is 11.6. The number of aliphatic hydroxyl groups is 1. The lowest BCUT2D eigenvalue weighted by Gasteiger charge is -2.32. The van der Waals surface area contributed by atoms with Crippen LogP contribution in [0.4, 0.5) is 10.5 Å². The van der Waals surface area contributed by atoms with E-state index >= 15 is 0 Å². The van der Waals surface area contributed by atoms with Gasteiger partial charge in [0.15, 0.2) is 0 Å². The molecule has 22 heavy (non-hydrogen) atoms. The third-order valence-electron chi connectivity index (χ3n) is 3.86. The number of aliphatic hydroxyl groups excluding tert-OH is 1. The van der Waals surface area contributed by atoms with Crippen molar-refractivity contribution in [2.75, 3.05) is 44.8 Å². The van der Waals surface area contributed by atoms with E-state index in [1.807, 2.05) is 24.3 Å². The Morgan fingerprint density at radius 1 is 1.32 bits per heavy atom. The number of amides is 2. The highest BCUT2D eigenvalue weighted by Crippen LogP contribution is 2.22. The Balaban J connectivity index is 1.85. The molecule has 1 atom stereocenters. The number of anilines is 1. The highest BCUT2D eigenvalue weighted by molar-refractivity contribution is 5.89. The van der Waals surface area contributed by atoms with Crippen LogP contribution in [0, 0.1) is 0 Å². The molecule has 1 aliphatic rings. The zero-order chi connectivity index (χ0) is 15.8. The first kappa shape index (κ1) is 16.7. The Morgan fingerprint density at radius 2 is 2.00 bits per heavy atom. The number of carbonyl (C=O) groups is 1. The fourth-order valence-corrected chi connectivity index (χ4v) is 2.48. The molecular formula is C16H25N3O3. The Morgan fingerprint density at radius 3 is 2.64 bits per heavy atom. The maximum Gasteiger partial charge on any atom is 0.319 e. The first-order chi connectivity index (χ1) is 10.7. The summed E-state index contributed by atoms with van der Waals surface area (Å²) in [4.78, 5) is 14.0. The van der Waals surface area contributed by atoms with E-state index in [1.54, 1.807) is 0 Å². The van der Waals surface area contributed by atoms with Gasteiger partial charge in [-0.05, 0) is 31.0 Å². The van der Waals surface area contributed by atoms with Crippen molar-refractivity contribution >= 4 is 11.7 Å². The van der Waals surface area contributed by atoms with Gasteiger partial charge in [-0.25, -0.2) is 4.79 Å². The maximum absolute atomic E-state index is 11.6. The SMILES string of the molecule is C[C@H](c1ccc(NC(=O)NCCCO)cc1)N1CCOCC1. The molecule has 2 rings (SSSR count). The number of urea groups is 1. The number of benzene rings is 1. The van der Waals surface area contributed by atoms with Gasteiger partial charge in [0, 0.05) is 38.0 Å². The molecule has 0 spiro atoms. The fourth-order valence-electron chi connectivity index (χ4n) is 2.48. The van der Waals surface area contributed by atoms with E-state index < -0.39 is 0 Å². The Bertz CT molecular complexity index is 458. The van der Waals surface area contributed by atoms with Crippen LogP contribution in [0.15, 0.2) is 24.3 Å². The van der Waals surface area contributed by atoms with Crippen LogP contribution in [-0.4, -0.2) is 55.5 Å². The van der Waals surface area contributed by atoms with E-state index in [0.717, 1.165) is 32.0 Å². The van der Waals surface area contributed by atoms with Gasteiger partial charge in [-0.2, -0.15) is 0 Å². The van der Waals surface area contributed by atoms with Crippen LogP contribution in [0.3, 0.4) is 0 Å². The molecule has 2 amide bonds. The van der Waals surface area contributed by atoms with Crippen LogP contribution >= 0.6 is 0 Å². The molecule has 0 aliphatic carbocycles. The summed E-state index contributed by atoms with van der Waals surface area (Å²) in [5.74, 6) is 0. The van der Waals surface area contributed by atoms with Crippen LogP contribution in [0.25, 0.3) is 0 Å². The van der Waals surface area contributed by atoms with Crippen molar-refractivity contribution < 1.29 is 14.6 Å². The first-order valence-electron chi connectivity index (χ1n) is 7.78. The second-order valence-electron chi connectivity index (χ2n) is 5.40. The Hall–Kier alpha value is -1.63. The van der Waals surface area contributed by atoms with Gasteiger partial charge in [0.05, 0.1) is 13.2 Å². The number of nitrogens with one attached hydrogen (secondary N) is 2. The summed E-state index contributed by atoms with van der Waals surface area (Å²) in [6.07, 6.45) is 0.559. The second kappa shape index (κ2) is 8.73. The lowest BCUT2D eigenvalue weighted by molar-refractivity contribution is 0.0198. The molecule has 1 saturated heterocycles. The first-order valence-corrected chi connectivity index (χ1v) is 7.78. The molecule has 1 fully saturated rings. The zero-order valence-electron chi connectivity index (χ0n) is 13.0. The van der Waals surface area contributed by atoms with E-state index in [1.165, 1.54) is 5.56 Å². The molecule has 6 nitrogen and oxygen atoms in total. The smallest absolute Gasteiger partial charge is 0.319 e. The van der Waals surface area contributed by atoms with E-state index in [9.17, 15) is 4.79 Å². The quantitative estimate of drug-likeness (QED) is 0.698. The fraction of sp³-hybridized carbons (Fsp3) is 0.562. The standard InChI is InChI=1S/C16H25N3O3/c1-13(19-8-11-22-12-9-19)14-3-5-15(6-4-14)18-16(21)17-7-2-10-20/h3-6,13,20H,2,7-12H2,1H3,(H2,17,18,21)/t13-/m1/s1. The lowest BCUT2D eigenvalue weighted by atomic mass is 10.1. The summed E-state index contributed by atoms with van der Waals surface area (Å²) in [5.41, 5.74) is 1.99. The third kappa shape index (κ3) is 4.98. The van der Waals surface area contributed by atoms with E-state index in [-0.39, 0.29) is 12.6 Å². The Kier molecular flexibility index (Phi) is 6.64.